The molecule has 1 heterocycles. The third-order valence-corrected chi connectivity index (χ3v) is 4.78. The third kappa shape index (κ3) is 3.92. The van der Waals surface area contributed by atoms with Gasteiger partial charge in [0.1, 0.15) is 0 Å². The number of rotatable bonds is 4. The second kappa shape index (κ2) is 7.32. The van der Waals surface area contributed by atoms with Crippen LogP contribution in [-0.4, -0.2) is 23.9 Å². The highest BCUT2D eigenvalue weighted by Gasteiger charge is 2.24. The van der Waals surface area contributed by atoms with Crippen LogP contribution >= 0.6 is 0 Å². The molecule has 0 aromatic heterocycles. The van der Waals surface area contributed by atoms with Gasteiger partial charge < -0.3 is 10.6 Å². The van der Waals surface area contributed by atoms with Crippen LogP contribution < -0.4 is 5.73 Å². The van der Waals surface area contributed by atoms with Crippen molar-refractivity contribution in [2.75, 3.05) is 18.8 Å². The van der Waals surface area contributed by atoms with Crippen molar-refractivity contribution in [3.63, 3.8) is 0 Å². The number of likely N-dealkylation sites (tertiary alicyclic amines) is 1. The fourth-order valence-corrected chi connectivity index (χ4v) is 3.30. The van der Waals surface area contributed by atoms with Crippen LogP contribution in [0, 0.1) is 5.92 Å². The van der Waals surface area contributed by atoms with E-state index in [1.165, 1.54) is 12.0 Å². The van der Waals surface area contributed by atoms with Crippen molar-refractivity contribution in [2.24, 2.45) is 5.92 Å². The maximum absolute atomic E-state index is 12.6. The van der Waals surface area contributed by atoms with Gasteiger partial charge in [0.25, 0.3) is 5.91 Å². The van der Waals surface area contributed by atoms with Crippen molar-refractivity contribution in [2.45, 2.75) is 25.7 Å². The Morgan fingerprint density at radius 1 is 1.00 bits per heavy atom. The second-order valence-electron chi connectivity index (χ2n) is 6.35. The molecule has 2 N–H and O–H groups in total. The molecule has 3 nitrogen and oxygen atoms in total. The first-order valence-electron chi connectivity index (χ1n) is 8.42. The minimum absolute atomic E-state index is 0.0737. The summed E-state index contributed by atoms with van der Waals surface area (Å²) in [5.74, 6) is 0.789. The summed E-state index contributed by atoms with van der Waals surface area (Å²) < 4.78 is 0. The molecule has 0 bridgehead atoms. The molecule has 2 aromatic carbocycles. The smallest absolute Gasteiger partial charge is 0.255 e. The molecular formula is C20H24N2O. The van der Waals surface area contributed by atoms with Crippen molar-refractivity contribution < 1.29 is 4.79 Å². The van der Waals surface area contributed by atoms with Gasteiger partial charge in [0.15, 0.2) is 0 Å². The van der Waals surface area contributed by atoms with E-state index in [0.717, 1.165) is 32.4 Å². The Hall–Kier alpha value is -2.29. The van der Waals surface area contributed by atoms with Gasteiger partial charge in [-0.3, -0.25) is 4.79 Å². The van der Waals surface area contributed by atoms with Crippen molar-refractivity contribution >= 4 is 11.6 Å². The molecule has 1 aliphatic heterocycles. The van der Waals surface area contributed by atoms with Gasteiger partial charge in [-0.1, -0.05) is 42.5 Å². The predicted octanol–water partition coefficient (Wildman–Crippen LogP) is 3.75. The highest BCUT2D eigenvalue weighted by Crippen LogP contribution is 2.24. The predicted molar refractivity (Wildman–Crippen MR) is 94.2 cm³/mol. The van der Waals surface area contributed by atoms with Gasteiger partial charge in [-0.05, 0) is 49.3 Å². The maximum atomic E-state index is 12.6. The summed E-state index contributed by atoms with van der Waals surface area (Å²) in [7, 11) is 0. The summed E-state index contributed by atoms with van der Waals surface area (Å²) in [6.45, 7) is 1.68. The van der Waals surface area contributed by atoms with Crippen LogP contribution in [0.25, 0.3) is 0 Å². The Morgan fingerprint density at radius 2 is 1.65 bits per heavy atom. The van der Waals surface area contributed by atoms with Gasteiger partial charge in [-0.2, -0.15) is 0 Å². The quantitative estimate of drug-likeness (QED) is 0.874. The molecule has 0 spiro atoms. The average Bonchev–Trinajstić information content (AvgIpc) is 2.61. The van der Waals surface area contributed by atoms with Crippen molar-refractivity contribution in [1.82, 2.24) is 4.90 Å². The molecule has 0 saturated carbocycles. The largest absolute Gasteiger partial charge is 0.398 e. The van der Waals surface area contributed by atoms with E-state index in [1.54, 1.807) is 6.07 Å². The molecular weight excluding hydrogens is 284 g/mol. The molecule has 3 rings (SSSR count). The fraction of sp³-hybridized carbons (Fsp3) is 0.350. The van der Waals surface area contributed by atoms with E-state index in [1.807, 2.05) is 23.1 Å². The van der Waals surface area contributed by atoms with Crippen LogP contribution in [0.4, 0.5) is 5.69 Å². The minimum atomic E-state index is 0.0737. The summed E-state index contributed by atoms with van der Waals surface area (Å²) >= 11 is 0. The Balaban J connectivity index is 1.50. The third-order valence-electron chi connectivity index (χ3n) is 4.78. The standard InChI is InChI=1S/C20H24N2O/c21-19-9-5-4-8-18(19)20(23)22-14-12-17(13-15-22)11-10-16-6-2-1-3-7-16/h1-9,17H,10-15,21H2. The highest BCUT2D eigenvalue weighted by atomic mass is 16.2. The number of hydrogen-bond acceptors (Lipinski definition) is 2. The van der Waals surface area contributed by atoms with Crippen LogP contribution in [0.2, 0.25) is 0 Å². The number of amides is 1. The van der Waals surface area contributed by atoms with Gasteiger partial charge in [0.2, 0.25) is 0 Å². The summed E-state index contributed by atoms with van der Waals surface area (Å²) in [5, 5.41) is 0. The molecule has 2 aromatic rings. The molecule has 3 heteroatoms. The van der Waals surface area contributed by atoms with Gasteiger partial charge in [-0.15, -0.1) is 0 Å². The van der Waals surface area contributed by atoms with Gasteiger partial charge >= 0.3 is 0 Å². The number of benzene rings is 2. The normalized spacial score (nSPS) is 15.6. The van der Waals surface area contributed by atoms with Crippen molar-refractivity contribution in [1.29, 1.82) is 0 Å². The lowest BCUT2D eigenvalue weighted by molar-refractivity contribution is 0.0688. The molecule has 1 fully saturated rings. The summed E-state index contributed by atoms with van der Waals surface area (Å²) in [6.07, 6.45) is 4.52. The van der Waals surface area contributed by atoms with E-state index >= 15 is 0 Å². The number of carbonyl (C=O) groups excluding carboxylic acids is 1. The Kier molecular flexibility index (Phi) is 4.96. The summed E-state index contributed by atoms with van der Waals surface area (Å²) in [4.78, 5) is 14.5. The number of piperidine rings is 1. The zero-order chi connectivity index (χ0) is 16.1. The number of aryl methyl sites for hydroxylation is 1. The molecule has 0 aliphatic carbocycles. The number of anilines is 1. The number of para-hydroxylation sites is 1. The average molecular weight is 308 g/mol. The highest BCUT2D eigenvalue weighted by molar-refractivity contribution is 5.99. The zero-order valence-electron chi connectivity index (χ0n) is 13.4. The first-order valence-corrected chi connectivity index (χ1v) is 8.42. The summed E-state index contributed by atoms with van der Waals surface area (Å²) in [5.41, 5.74) is 8.53. The number of nitrogens with zero attached hydrogens (tertiary/aromatic N) is 1. The van der Waals surface area contributed by atoms with E-state index in [4.69, 9.17) is 5.73 Å². The molecule has 0 unspecified atom stereocenters. The molecule has 1 amide bonds. The van der Waals surface area contributed by atoms with Gasteiger partial charge in [-0.25, -0.2) is 0 Å². The van der Waals surface area contributed by atoms with Crippen molar-refractivity contribution in [3.8, 4) is 0 Å². The monoisotopic (exact) mass is 308 g/mol. The van der Waals surface area contributed by atoms with Crippen molar-refractivity contribution in [3.05, 3.63) is 65.7 Å². The molecule has 23 heavy (non-hydrogen) atoms. The van der Waals surface area contributed by atoms with Gasteiger partial charge in [0.05, 0.1) is 5.56 Å². The number of nitrogens with two attached hydrogens (primary N) is 1. The number of hydrogen-bond donors (Lipinski definition) is 1. The van der Waals surface area contributed by atoms with E-state index in [0.29, 0.717) is 17.2 Å². The lowest BCUT2D eigenvalue weighted by Gasteiger charge is -2.32. The van der Waals surface area contributed by atoms with E-state index in [9.17, 15) is 4.79 Å². The van der Waals surface area contributed by atoms with E-state index < -0.39 is 0 Å². The second-order valence-corrected chi connectivity index (χ2v) is 6.35. The minimum Gasteiger partial charge on any atom is -0.398 e. The van der Waals surface area contributed by atoms with Crippen LogP contribution in [0.1, 0.15) is 35.2 Å². The lowest BCUT2D eigenvalue weighted by Crippen LogP contribution is -2.38. The van der Waals surface area contributed by atoms with E-state index in [-0.39, 0.29) is 5.91 Å². The van der Waals surface area contributed by atoms with Gasteiger partial charge in [0, 0.05) is 18.8 Å². The Bertz CT molecular complexity index is 646. The summed E-state index contributed by atoms with van der Waals surface area (Å²) in [6, 6.07) is 18.0. The molecule has 0 radical (unpaired) electrons. The SMILES string of the molecule is Nc1ccccc1C(=O)N1CCC(CCc2ccccc2)CC1. The molecule has 1 aliphatic rings. The molecule has 0 atom stereocenters. The van der Waals surface area contributed by atoms with Crippen LogP contribution in [0.3, 0.4) is 0 Å². The van der Waals surface area contributed by atoms with Crippen LogP contribution in [0.5, 0.6) is 0 Å². The molecule has 1 saturated heterocycles. The maximum Gasteiger partial charge on any atom is 0.255 e. The lowest BCUT2D eigenvalue weighted by atomic mass is 9.90. The fourth-order valence-electron chi connectivity index (χ4n) is 3.30. The first-order chi connectivity index (χ1) is 11.2. The van der Waals surface area contributed by atoms with E-state index in [2.05, 4.69) is 30.3 Å². The molecule has 120 valence electrons. The zero-order valence-corrected chi connectivity index (χ0v) is 13.4. The number of nitrogen functional groups attached to an aromatic ring is 1. The topological polar surface area (TPSA) is 46.3 Å². The first kappa shape index (κ1) is 15.6. The van der Waals surface area contributed by atoms with Crippen LogP contribution in [-0.2, 0) is 6.42 Å². The number of carbonyl (C=O) groups is 1. The Morgan fingerprint density at radius 3 is 2.35 bits per heavy atom. The Labute approximate surface area is 138 Å². The van der Waals surface area contributed by atoms with Crippen LogP contribution in [0.15, 0.2) is 54.6 Å².